The van der Waals surface area contributed by atoms with Crippen LogP contribution < -0.4 is 10.1 Å². The van der Waals surface area contributed by atoms with Crippen molar-refractivity contribution in [1.29, 1.82) is 0 Å². The second kappa shape index (κ2) is 8.38. The standard InChI is InChI=1S/C16H24N2O2/c1-5-10-18(16(19)13(2)11-17-3)12-14-6-8-15(20-4)9-7-14/h5-9,13,17H,1,10-12H2,2-4H3. The van der Waals surface area contributed by atoms with Crippen molar-refractivity contribution < 1.29 is 9.53 Å². The first-order valence-electron chi connectivity index (χ1n) is 6.79. The Hall–Kier alpha value is -1.81. The van der Waals surface area contributed by atoms with E-state index in [0.29, 0.717) is 19.6 Å². The fraction of sp³-hybridized carbons (Fsp3) is 0.438. The Morgan fingerprint density at radius 1 is 1.45 bits per heavy atom. The fourth-order valence-electron chi connectivity index (χ4n) is 2.04. The highest BCUT2D eigenvalue weighted by molar-refractivity contribution is 5.78. The SMILES string of the molecule is C=CCN(Cc1ccc(OC)cc1)C(=O)C(C)CNC. The lowest BCUT2D eigenvalue weighted by atomic mass is 10.1. The van der Waals surface area contributed by atoms with Crippen molar-refractivity contribution in [2.24, 2.45) is 5.92 Å². The highest BCUT2D eigenvalue weighted by Crippen LogP contribution is 2.14. The Labute approximate surface area is 121 Å². The smallest absolute Gasteiger partial charge is 0.227 e. The predicted molar refractivity (Wildman–Crippen MR) is 81.7 cm³/mol. The van der Waals surface area contributed by atoms with Crippen LogP contribution in [-0.2, 0) is 11.3 Å². The van der Waals surface area contributed by atoms with Gasteiger partial charge in [-0.25, -0.2) is 0 Å². The molecule has 0 radical (unpaired) electrons. The maximum Gasteiger partial charge on any atom is 0.227 e. The zero-order valence-electron chi connectivity index (χ0n) is 12.6. The Morgan fingerprint density at radius 3 is 2.60 bits per heavy atom. The van der Waals surface area contributed by atoms with Crippen molar-refractivity contribution in [2.75, 3.05) is 27.2 Å². The summed E-state index contributed by atoms with van der Waals surface area (Å²) in [5.41, 5.74) is 1.08. The number of hydrogen-bond acceptors (Lipinski definition) is 3. The van der Waals surface area contributed by atoms with E-state index in [1.807, 2.05) is 43.1 Å². The highest BCUT2D eigenvalue weighted by Gasteiger charge is 2.19. The molecule has 1 amide bonds. The molecule has 4 heteroatoms. The van der Waals surface area contributed by atoms with Crippen LogP contribution in [-0.4, -0.2) is 38.1 Å². The maximum absolute atomic E-state index is 12.4. The average molecular weight is 276 g/mol. The third-order valence-corrected chi connectivity index (χ3v) is 3.13. The van der Waals surface area contributed by atoms with Gasteiger partial charge in [-0.15, -0.1) is 6.58 Å². The number of hydrogen-bond donors (Lipinski definition) is 1. The second-order valence-electron chi connectivity index (χ2n) is 4.81. The molecule has 0 aliphatic rings. The minimum Gasteiger partial charge on any atom is -0.497 e. The molecular weight excluding hydrogens is 252 g/mol. The second-order valence-corrected chi connectivity index (χ2v) is 4.81. The molecule has 0 heterocycles. The monoisotopic (exact) mass is 276 g/mol. The maximum atomic E-state index is 12.4. The first kappa shape index (κ1) is 16.2. The van der Waals surface area contributed by atoms with E-state index in [1.54, 1.807) is 13.2 Å². The van der Waals surface area contributed by atoms with Gasteiger partial charge in [0.2, 0.25) is 5.91 Å². The molecule has 4 nitrogen and oxygen atoms in total. The number of amides is 1. The van der Waals surface area contributed by atoms with Gasteiger partial charge in [0, 0.05) is 25.6 Å². The van der Waals surface area contributed by atoms with E-state index < -0.39 is 0 Å². The molecule has 1 rings (SSSR count). The van der Waals surface area contributed by atoms with Crippen LogP contribution in [0.3, 0.4) is 0 Å². The van der Waals surface area contributed by atoms with Crippen LogP contribution in [0.15, 0.2) is 36.9 Å². The van der Waals surface area contributed by atoms with E-state index in [0.717, 1.165) is 11.3 Å². The van der Waals surface area contributed by atoms with Crippen molar-refractivity contribution in [3.8, 4) is 5.75 Å². The number of nitrogens with zero attached hydrogens (tertiary/aromatic N) is 1. The third-order valence-electron chi connectivity index (χ3n) is 3.13. The van der Waals surface area contributed by atoms with E-state index in [-0.39, 0.29) is 11.8 Å². The molecule has 1 aromatic rings. The van der Waals surface area contributed by atoms with E-state index in [1.165, 1.54) is 0 Å². The summed E-state index contributed by atoms with van der Waals surface area (Å²) in [6.07, 6.45) is 1.76. The molecule has 0 aliphatic carbocycles. The average Bonchev–Trinajstić information content (AvgIpc) is 2.47. The third kappa shape index (κ3) is 4.70. The molecule has 1 aromatic carbocycles. The molecule has 1 unspecified atom stereocenters. The normalized spacial score (nSPS) is 11.8. The Balaban J connectivity index is 2.74. The fourth-order valence-corrected chi connectivity index (χ4v) is 2.04. The summed E-state index contributed by atoms with van der Waals surface area (Å²) in [6, 6.07) is 7.77. The summed E-state index contributed by atoms with van der Waals surface area (Å²) in [5.74, 6) is 0.909. The Bertz CT molecular complexity index is 429. The minimum absolute atomic E-state index is 0.0433. The molecule has 1 atom stereocenters. The molecule has 1 N–H and O–H groups in total. The van der Waals surface area contributed by atoms with Gasteiger partial charge in [-0.05, 0) is 24.7 Å². The van der Waals surface area contributed by atoms with Crippen molar-refractivity contribution >= 4 is 5.91 Å². The van der Waals surface area contributed by atoms with Crippen LogP contribution in [0.4, 0.5) is 0 Å². The van der Waals surface area contributed by atoms with Gasteiger partial charge in [-0.3, -0.25) is 4.79 Å². The molecule has 0 aliphatic heterocycles. The lowest BCUT2D eigenvalue weighted by molar-refractivity contribution is -0.134. The first-order valence-corrected chi connectivity index (χ1v) is 6.79. The molecule has 110 valence electrons. The Morgan fingerprint density at radius 2 is 2.10 bits per heavy atom. The lowest BCUT2D eigenvalue weighted by Crippen LogP contribution is -2.38. The van der Waals surface area contributed by atoms with E-state index in [9.17, 15) is 4.79 Å². The quantitative estimate of drug-likeness (QED) is 0.739. The van der Waals surface area contributed by atoms with Gasteiger partial charge in [0.05, 0.1) is 7.11 Å². The zero-order chi connectivity index (χ0) is 15.0. The minimum atomic E-state index is -0.0433. The van der Waals surface area contributed by atoms with E-state index >= 15 is 0 Å². The molecular formula is C16H24N2O2. The van der Waals surface area contributed by atoms with Gasteiger partial charge >= 0.3 is 0 Å². The molecule has 0 spiro atoms. The van der Waals surface area contributed by atoms with Gasteiger partial charge in [0.1, 0.15) is 5.75 Å². The summed E-state index contributed by atoms with van der Waals surface area (Å²) < 4.78 is 5.13. The van der Waals surface area contributed by atoms with Gasteiger partial charge in [0.25, 0.3) is 0 Å². The van der Waals surface area contributed by atoms with Crippen molar-refractivity contribution in [3.63, 3.8) is 0 Å². The number of methoxy groups -OCH3 is 1. The number of benzene rings is 1. The van der Waals surface area contributed by atoms with Crippen LogP contribution in [0.25, 0.3) is 0 Å². The Kier molecular flexibility index (Phi) is 6.81. The van der Waals surface area contributed by atoms with Crippen molar-refractivity contribution in [2.45, 2.75) is 13.5 Å². The number of rotatable bonds is 8. The number of ether oxygens (including phenoxy) is 1. The summed E-state index contributed by atoms with van der Waals surface area (Å²) in [7, 11) is 3.49. The number of carbonyl (C=O) groups is 1. The van der Waals surface area contributed by atoms with Crippen LogP contribution in [0.1, 0.15) is 12.5 Å². The summed E-state index contributed by atoms with van der Waals surface area (Å²) in [4.78, 5) is 14.2. The lowest BCUT2D eigenvalue weighted by Gasteiger charge is -2.24. The van der Waals surface area contributed by atoms with Crippen LogP contribution >= 0.6 is 0 Å². The first-order chi connectivity index (χ1) is 9.62. The molecule has 0 fully saturated rings. The van der Waals surface area contributed by atoms with Crippen LogP contribution in [0, 0.1) is 5.92 Å². The summed E-state index contributed by atoms with van der Waals surface area (Å²) in [5, 5.41) is 3.03. The number of nitrogens with one attached hydrogen (secondary N) is 1. The van der Waals surface area contributed by atoms with Gasteiger partial charge in [0.15, 0.2) is 0 Å². The largest absolute Gasteiger partial charge is 0.497 e. The molecule has 0 saturated heterocycles. The number of carbonyl (C=O) groups excluding carboxylic acids is 1. The predicted octanol–water partition coefficient (Wildman–Crippen LogP) is 2.07. The summed E-state index contributed by atoms with van der Waals surface area (Å²) in [6.45, 7) is 7.48. The van der Waals surface area contributed by atoms with Crippen LogP contribution in [0.5, 0.6) is 5.75 Å². The molecule has 0 bridgehead atoms. The topological polar surface area (TPSA) is 41.6 Å². The summed E-state index contributed by atoms with van der Waals surface area (Å²) >= 11 is 0. The van der Waals surface area contributed by atoms with E-state index in [4.69, 9.17) is 4.74 Å². The zero-order valence-corrected chi connectivity index (χ0v) is 12.6. The van der Waals surface area contributed by atoms with E-state index in [2.05, 4.69) is 11.9 Å². The molecule has 20 heavy (non-hydrogen) atoms. The van der Waals surface area contributed by atoms with Gasteiger partial charge < -0.3 is 15.0 Å². The molecule has 0 saturated carbocycles. The van der Waals surface area contributed by atoms with Gasteiger partial charge in [-0.1, -0.05) is 25.1 Å². The molecule has 0 aromatic heterocycles. The van der Waals surface area contributed by atoms with Crippen molar-refractivity contribution in [3.05, 3.63) is 42.5 Å². The highest BCUT2D eigenvalue weighted by atomic mass is 16.5. The van der Waals surface area contributed by atoms with Crippen LogP contribution in [0.2, 0.25) is 0 Å². The van der Waals surface area contributed by atoms with Gasteiger partial charge in [-0.2, -0.15) is 0 Å². The van der Waals surface area contributed by atoms with Crippen molar-refractivity contribution in [1.82, 2.24) is 10.2 Å².